The molecule has 2 nitrogen and oxygen atoms in total. The maximum absolute atomic E-state index is 4.59. The summed E-state index contributed by atoms with van der Waals surface area (Å²) in [5.74, 6) is 0. The average Bonchev–Trinajstić information content (AvgIpc) is 1.41. The van der Waals surface area contributed by atoms with Gasteiger partial charge in [0.15, 0.2) is 0 Å². The van der Waals surface area contributed by atoms with Crippen molar-refractivity contribution in [2.24, 2.45) is 0 Å². The van der Waals surface area contributed by atoms with E-state index in [1.807, 2.05) is 0 Å². The monoisotopic (exact) mass is 180 g/mol. The zero-order valence-electron chi connectivity index (χ0n) is 4.07. The Balaban J connectivity index is -0.0000000800. The second kappa shape index (κ2) is 15.7. The van der Waals surface area contributed by atoms with Gasteiger partial charge in [-0.25, -0.2) is 0 Å². The largest absolute Gasteiger partial charge is 1.00 e. The zero-order chi connectivity index (χ0) is 4.12. The predicted octanol–water partition coefficient (Wildman–Crippen LogP) is -5.80. The molecule has 0 aromatic heterocycles. The first-order valence-electron chi connectivity index (χ1n) is 1.22. The van der Waals surface area contributed by atoms with Crippen LogP contribution in [0.3, 0.4) is 0 Å². The Hall–Kier alpha value is 1.21. The molecule has 0 atom stereocenters. The smallest absolute Gasteiger partial charge is 1.00 e. The predicted molar refractivity (Wildman–Crippen MR) is 14.0 cm³/mol. The molecule has 0 amide bonds. The van der Waals surface area contributed by atoms with E-state index in [1.54, 1.807) is 14.2 Å². The van der Waals surface area contributed by atoms with E-state index >= 15 is 0 Å². The molecule has 0 radical (unpaired) electrons. The summed E-state index contributed by atoms with van der Waals surface area (Å²) in [6.45, 7) is 0. The van der Waals surface area contributed by atoms with Gasteiger partial charge in [0, 0.05) is 0 Å². The van der Waals surface area contributed by atoms with Crippen molar-refractivity contribution in [3.8, 4) is 0 Å². The summed E-state index contributed by atoms with van der Waals surface area (Å²) in [7, 11) is 3.28. The normalized spacial score (nSPS) is 4.86. The van der Waals surface area contributed by atoms with E-state index in [9.17, 15) is 0 Å². The van der Waals surface area contributed by atoms with E-state index in [0.717, 1.165) is 0 Å². The number of rotatable bonds is 2. The molecule has 0 aliphatic carbocycles. The first-order chi connectivity index (χ1) is 2.41. The SMILES string of the molecule is C[O][Ti+2][O]C.[Cl-].[Cl-]. The Labute approximate surface area is 65.6 Å². The van der Waals surface area contributed by atoms with Crippen LogP contribution in [0.4, 0.5) is 0 Å². The van der Waals surface area contributed by atoms with Crippen LogP contribution in [0, 0.1) is 0 Å². The van der Waals surface area contributed by atoms with Crippen molar-refractivity contribution in [3.63, 3.8) is 0 Å². The molecule has 0 saturated heterocycles. The van der Waals surface area contributed by atoms with Gasteiger partial charge in [0.2, 0.25) is 0 Å². The Morgan fingerprint density at radius 3 is 1.29 bits per heavy atom. The van der Waals surface area contributed by atoms with E-state index in [0.29, 0.717) is 0 Å². The summed E-state index contributed by atoms with van der Waals surface area (Å²) in [6.07, 6.45) is 0. The number of hydrogen-bond acceptors (Lipinski definition) is 2. The van der Waals surface area contributed by atoms with E-state index in [1.165, 1.54) is 0 Å². The van der Waals surface area contributed by atoms with Gasteiger partial charge in [-0.05, 0) is 0 Å². The minimum absolute atomic E-state index is 0. The maximum Gasteiger partial charge on any atom is -1.00 e. The Bertz CT molecular complexity index is 21.2. The molecule has 0 fully saturated rings. The minimum atomic E-state index is -0.472. The van der Waals surface area contributed by atoms with Crippen LogP contribution in [0.1, 0.15) is 0 Å². The molecule has 0 aliphatic rings. The van der Waals surface area contributed by atoms with Gasteiger partial charge in [-0.3, -0.25) is 0 Å². The van der Waals surface area contributed by atoms with Crippen LogP contribution in [-0.2, 0) is 26.6 Å². The molecule has 44 valence electrons. The Morgan fingerprint density at radius 1 is 1.00 bits per heavy atom. The van der Waals surface area contributed by atoms with Gasteiger partial charge in [-0.15, -0.1) is 0 Å². The van der Waals surface area contributed by atoms with Gasteiger partial charge in [-0.1, -0.05) is 0 Å². The molecule has 0 rings (SSSR count). The third-order valence-corrected chi connectivity index (χ3v) is 0.687. The molecule has 0 aromatic rings. The molecule has 0 spiro atoms. The van der Waals surface area contributed by atoms with Crippen LogP contribution < -0.4 is 24.8 Å². The summed E-state index contributed by atoms with van der Waals surface area (Å²) in [5.41, 5.74) is 0. The van der Waals surface area contributed by atoms with Gasteiger partial charge in [0.1, 0.15) is 0 Å². The fourth-order valence-electron chi connectivity index (χ4n) is 0.0833. The van der Waals surface area contributed by atoms with Gasteiger partial charge in [0.25, 0.3) is 0 Å². The van der Waals surface area contributed by atoms with Crippen molar-refractivity contribution >= 4 is 0 Å². The number of halogens is 2. The van der Waals surface area contributed by atoms with Crippen LogP contribution in [0.25, 0.3) is 0 Å². The molecule has 0 N–H and O–H groups in total. The van der Waals surface area contributed by atoms with Gasteiger partial charge < -0.3 is 24.8 Å². The first kappa shape index (κ1) is 15.7. The second-order valence-corrected chi connectivity index (χ2v) is 2.03. The Kier molecular flexibility index (Phi) is 35.2. The zero-order valence-corrected chi connectivity index (χ0v) is 7.15. The maximum atomic E-state index is 4.59. The van der Waals surface area contributed by atoms with E-state index < -0.39 is 19.9 Å². The first-order valence-corrected chi connectivity index (χ1v) is 2.50. The van der Waals surface area contributed by atoms with Crippen LogP contribution in [-0.4, -0.2) is 14.2 Å². The van der Waals surface area contributed by atoms with Crippen molar-refractivity contribution in [3.05, 3.63) is 0 Å². The third kappa shape index (κ3) is 19.0. The minimum Gasteiger partial charge on any atom is -1.00 e. The van der Waals surface area contributed by atoms with Gasteiger partial charge >= 0.3 is 40.8 Å². The Morgan fingerprint density at radius 2 is 1.29 bits per heavy atom. The van der Waals surface area contributed by atoms with Crippen molar-refractivity contribution in [2.75, 3.05) is 14.2 Å². The third-order valence-electron chi connectivity index (χ3n) is 0.167. The van der Waals surface area contributed by atoms with Gasteiger partial charge in [0.05, 0.1) is 0 Å². The molecule has 5 heteroatoms. The van der Waals surface area contributed by atoms with Crippen molar-refractivity contribution < 1.29 is 51.4 Å². The fraction of sp³-hybridized carbons (Fsp3) is 1.00. The van der Waals surface area contributed by atoms with Crippen molar-refractivity contribution in [1.29, 1.82) is 0 Å². The molecule has 7 heavy (non-hydrogen) atoms. The summed E-state index contributed by atoms with van der Waals surface area (Å²) >= 11 is -0.472. The fourth-order valence-corrected chi connectivity index (χ4v) is 0.344. The molecule has 0 heterocycles. The molecule has 0 unspecified atom stereocenters. The summed E-state index contributed by atoms with van der Waals surface area (Å²) in [6, 6.07) is 0. The van der Waals surface area contributed by atoms with Gasteiger partial charge in [-0.2, -0.15) is 0 Å². The summed E-state index contributed by atoms with van der Waals surface area (Å²) in [5, 5.41) is 0. The molecule has 0 aliphatic heterocycles. The molecule has 0 bridgehead atoms. The topological polar surface area (TPSA) is 18.5 Å². The molecule has 0 aromatic carbocycles. The summed E-state index contributed by atoms with van der Waals surface area (Å²) < 4.78 is 9.19. The molecular weight excluding hydrogens is 175 g/mol. The summed E-state index contributed by atoms with van der Waals surface area (Å²) in [4.78, 5) is 0. The van der Waals surface area contributed by atoms with E-state index in [2.05, 4.69) is 6.64 Å². The van der Waals surface area contributed by atoms with Crippen LogP contribution >= 0.6 is 0 Å². The van der Waals surface area contributed by atoms with Crippen LogP contribution in [0.15, 0.2) is 0 Å². The molecule has 0 saturated carbocycles. The molecular formula is C2H6Cl2O2Ti. The van der Waals surface area contributed by atoms with E-state index in [4.69, 9.17) is 0 Å². The standard InChI is InChI=1S/2CH3O.2ClH.Ti/c2*1-2;;;/h2*1H3;2*1H;/q2*-1;;;+4/p-2. The number of hydrogen-bond donors (Lipinski definition) is 0. The average molecular weight is 181 g/mol. The van der Waals surface area contributed by atoms with Crippen molar-refractivity contribution in [1.82, 2.24) is 0 Å². The van der Waals surface area contributed by atoms with Crippen LogP contribution in [0.2, 0.25) is 0 Å². The van der Waals surface area contributed by atoms with E-state index in [-0.39, 0.29) is 24.8 Å². The second-order valence-electron chi connectivity index (χ2n) is 0.492. The van der Waals surface area contributed by atoms with Crippen LogP contribution in [0.5, 0.6) is 0 Å². The quantitative estimate of drug-likeness (QED) is 0.395. The van der Waals surface area contributed by atoms with Crippen molar-refractivity contribution in [2.45, 2.75) is 0 Å².